The molecule has 1 amide bonds. The molecule has 41 heavy (non-hydrogen) atoms. The topological polar surface area (TPSA) is 196 Å². The largest absolute Gasteiger partial charge is 0.469 e. The van der Waals surface area contributed by atoms with Gasteiger partial charge < -0.3 is 30.4 Å². The van der Waals surface area contributed by atoms with E-state index in [-0.39, 0.29) is 25.4 Å². The lowest BCUT2D eigenvalue weighted by atomic mass is 10.1. The maximum atomic E-state index is 12.4. The number of ether oxygens (including phenoxy) is 1. The van der Waals surface area contributed by atoms with Crippen LogP contribution < -0.4 is 11.1 Å². The van der Waals surface area contributed by atoms with Crippen molar-refractivity contribution in [2.45, 2.75) is 57.5 Å². The van der Waals surface area contributed by atoms with E-state index in [1.54, 1.807) is 10.8 Å². The Bertz CT molecular complexity index is 1410. The molecule has 15 heteroatoms. The number of unbranched alkanes of at least 4 members (excludes halogenated alkanes) is 2. The number of nitrogens with zero attached hydrogens (tertiary/aromatic N) is 5. The van der Waals surface area contributed by atoms with Gasteiger partial charge in [-0.2, -0.15) is 0 Å². The molecule has 0 saturated carbocycles. The van der Waals surface area contributed by atoms with Crippen LogP contribution in [0.15, 0.2) is 53.7 Å². The number of aromatic nitrogens is 4. The van der Waals surface area contributed by atoms with Crippen molar-refractivity contribution in [1.82, 2.24) is 24.8 Å². The number of hydrogen-bond donors (Lipinski definition) is 4. The number of carbonyl (C=O) groups is 1. The smallest absolute Gasteiger partial charge is 0.386 e. The normalized spacial score (nSPS) is 19.7. The molecule has 14 nitrogen and oxygen atoms in total. The zero-order chi connectivity index (χ0) is 29.2. The second-order valence-electron chi connectivity index (χ2n) is 9.48. The highest BCUT2D eigenvalue weighted by molar-refractivity contribution is 7.46. The first-order valence-electron chi connectivity index (χ1n) is 13.2. The fraction of sp³-hybridized carbons (Fsp3) is 0.423. The minimum Gasteiger partial charge on any atom is -0.386 e. The highest BCUT2D eigenvalue weighted by atomic mass is 31.2. The lowest BCUT2D eigenvalue weighted by molar-refractivity contribution is -0.126. The minimum absolute atomic E-state index is 0.0658. The number of imidazole rings is 1. The summed E-state index contributed by atoms with van der Waals surface area (Å²) in [5, 5.41) is 6.61. The first kappa shape index (κ1) is 30.3. The van der Waals surface area contributed by atoms with Gasteiger partial charge in [0.25, 0.3) is 5.91 Å². The molecule has 0 bridgehead atoms. The number of allylic oxidation sites excluding steroid dienone is 1. The molecule has 1 aromatic carbocycles. The van der Waals surface area contributed by atoms with Crippen molar-refractivity contribution in [3.8, 4) is 0 Å². The minimum atomic E-state index is -4.84. The SMILES string of the molecule is CCCCCC(/C=N/OCC(=O)NC[C@H]1O[C@@H](n2cnc3c(N)ncnc32)C[C@@H]1OP(=O)(O)O)=C\c1ccccc1. The Hall–Kier alpha value is -3.68. The first-order valence-corrected chi connectivity index (χ1v) is 14.8. The molecule has 0 unspecified atom stereocenters. The van der Waals surface area contributed by atoms with E-state index in [4.69, 9.17) is 19.8 Å². The van der Waals surface area contributed by atoms with Crippen LogP contribution in [-0.2, 0) is 23.5 Å². The van der Waals surface area contributed by atoms with Crippen LogP contribution in [0.25, 0.3) is 17.2 Å². The molecule has 0 aliphatic carbocycles. The molecular weight excluding hydrogens is 553 g/mol. The monoisotopic (exact) mass is 587 g/mol. The van der Waals surface area contributed by atoms with Crippen molar-refractivity contribution in [2.24, 2.45) is 5.16 Å². The van der Waals surface area contributed by atoms with Crippen LogP contribution in [-0.4, -0.2) is 66.8 Å². The van der Waals surface area contributed by atoms with Crippen molar-refractivity contribution >= 4 is 43.0 Å². The third-order valence-electron chi connectivity index (χ3n) is 6.36. The molecule has 220 valence electrons. The molecule has 4 rings (SSSR count). The van der Waals surface area contributed by atoms with Crippen LogP contribution in [0.5, 0.6) is 0 Å². The van der Waals surface area contributed by atoms with Crippen LogP contribution in [0, 0.1) is 0 Å². The van der Waals surface area contributed by atoms with Crippen molar-refractivity contribution in [1.29, 1.82) is 0 Å². The van der Waals surface area contributed by atoms with Gasteiger partial charge in [0.1, 0.15) is 30.3 Å². The van der Waals surface area contributed by atoms with Gasteiger partial charge in [-0.05, 0) is 24.0 Å². The molecule has 5 N–H and O–H groups in total. The maximum Gasteiger partial charge on any atom is 0.469 e. The van der Waals surface area contributed by atoms with Crippen molar-refractivity contribution in [3.05, 3.63) is 54.1 Å². The predicted octanol–water partition coefficient (Wildman–Crippen LogP) is 2.96. The molecule has 0 radical (unpaired) electrons. The Morgan fingerprint density at radius 3 is 2.83 bits per heavy atom. The van der Waals surface area contributed by atoms with Gasteiger partial charge in [0.15, 0.2) is 18.1 Å². The second kappa shape index (κ2) is 14.3. The predicted molar refractivity (Wildman–Crippen MR) is 151 cm³/mol. The molecule has 0 spiro atoms. The lowest BCUT2D eigenvalue weighted by Crippen LogP contribution is -2.39. The Morgan fingerprint density at radius 2 is 2.07 bits per heavy atom. The van der Waals surface area contributed by atoms with E-state index >= 15 is 0 Å². The van der Waals surface area contributed by atoms with Crippen LogP contribution in [0.4, 0.5) is 5.82 Å². The van der Waals surface area contributed by atoms with E-state index in [1.165, 1.54) is 12.7 Å². The van der Waals surface area contributed by atoms with E-state index < -0.39 is 32.2 Å². The standard InChI is InChI=1S/C26H34N7O7P/c1-2-3-5-10-19(11-18-8-6-4-7-9-18)13-32-38-15-22(34)28-14-21-20(40-41(35,36)37)12-23(39-21)33-17-31-24-25(27)29-16-30-26(24)33/h4,6-9,11,13,16-17,20-21,23H,2-3,5,10,12,14-15H2,1H3,(H,28,34)(H2,27,29,30)(H2,35,36,37)/b19-11+,32-13+/t20-,21+,23+/m0/s1. The first-order chi connectivity index (χ1) is 19.7. The molecule has 3 heterocycles. The lowest BCUT2D eigenvalue weighted by Gasteiger charge is -2.19. The average Bonchev–Trinajstić information content (AvgIpc) is 3.54. The number of phosphoric ester groups is 1. The van der Waals surface area contributed by atoms with Gasteiger partial charge in [0, 0.05) is 13.0 Å². The number of anilines is 1. The zero-order valence-corrected chi connectivity index (χ0v) is 23.5. The molecule has 1 aliphatic rings. The number of nitrogens with one attached hydrogen (secondary N) is 1. The van der Waals surface area contributed by atoms with Gasteiger partial charge in [0.05, 0.1) is 12.5 Å². The van der Waals surface area contributed by atoms with E-state index in [9.17, 15) is 19.1 Å². The van der Waals surface area contributed by atoms with E-state index in [2.05, 4.69) is 32.3 Å². The van der Waals surface area contributed by atoms with Gasteiger partial charge in [-0.15, -0.1) is 0 Å². The van der Waals surface area contributed by atoms with Gasteiger partial charge in [-0.25, -0.2) is 19.5 Å². The van der Waals surface area contributed by atoms with Crippen molar-refractivity contribution in [2.75, 3.05) is 18.9 Å². The van der Waals surface area contributed by atoms with Gasteiger partial charge in [-0.3, -0.25) is 13.9 Å². The molecule has 3 atom stereocenters. The zero-order valence-electron chi connectivity index (χ0n) is 22.6. The number of nitrogens with two attached hydrogens (primary N) is 1. The highest BCUT2D eigenvalue weighted by Crippen LogP contribution is 2.44. The van der Waals surface area contributed by atoms with E-state index in [0.717, 1.165) is 36.8 Å². The summed E-state index contributed by atoms with van der Waals surface area (Å²) in [5.74, 6) is -0.304. The summed E-state index contributed by atoms with van der Waals surface area (Å²) in [7, 11) is -4.84. The van der Waals surface area contributed by atoms with E-state index in [1.807, 2.05) is 36.4 Å². The quantitative estimate of drug-likeness (QED) is 0.0936. The molecule has 1 fully saturated rings. The highest BCUT2D eigenvalue weighted by Gasteiger charge is 2.41. The molecule has 1 saturated heterocycles. The van der Waals surface area contributed by atoms with Crippen LogP contribution in [0.2, 0.25) is 0 Å². The van der Waals surface area contributed by atoms with Gasteiger partial charge in [-0.1, -0.05) is 61.3 Å². The summed E-state index contributed by atoms with van der Waals surface area (Å²) in [6, 6.07) is 9.87. The number of phosphoric acid groups is 1. The van der Waals surface area contributed by atoms with E-state index in [0.29, 0.717) is 11.2 Å². The molecule has 2 aromatic heterocycles. The van der Waals surface area contributed by atoms with Crippen molar-refractivity contribution < 1.29 is 33.2 Å². The Kier molecular flexibility index (Phi) is 10.6. The molecular formula is C26H34N7O7P. The number of nitrogen functional groups attached to an aromatic ring is 1. The number of amides is 1. The second-order valence-corrected chi connectivity index (χ2v) is 10.7. The summed E-state index contributed by atoms with van der Waals surface area (Å²) in [6.45, 7) is 1.69. The summed E-state index contributed by atoms with van der Waals surface area (Å²) in [6.07, 6.45) is 7.83. The summed E-state index contributed by atoms with van der Waals surface area (Å²) >= 11 is 0. The average molecular weight is 588 g/mol. The number of rotatable bonds is 14. The Balaban J connectivity index is 1.33. The third kappa shape index (κ3) is 8.90. The molecule has 3 aromatic rings. The fourth-order valence-electron chi connectivity index (χ4n) is 4.40. The number of hydrogen-bond acceptors (Lipinski definition) is 10. The Labute approximate surface area is 236 Å². The summed E-state index contributed by atoms with van der Waals surface area (Å²) in [4.78, 5) is 48.7. The van der Waals surface area contributed by atoms with Crippen LogP contribution >= 0.6 is 7.82 Å². The van der Waals surface area contributed by atoms with Gasteiger partial charge >= 0.3 is 7.82 Å². The summed E-state index contributed by atoms with van der Waals surface area (Å²) in [5.41, 5.74) is 8.63. The molecule has 1 aliphatic heterocycles. The van der Waals surface area contributed by atoms with Crippen molar-refractivity contribution in [3.63, 3.8) is 0 Å². The third-order valence-corrected chi connectivity index (χ3v) is 6.91. The number of oxime groups is 1. The number of benzene rings is 1. The number of carbonyl (C=O) groups excluding carboxylic acids is 1. The maximum absolute atomic E-state index is 12.4. The van der Waals surface area contributed by atoms with Crippen LogP contribution in [0.3, 0.4) is 0 Å². The number of fused-ring (bicyclic) bond motifs is 1. The fourth-order valence-corrected chi connectivity index (χ4v) is 4.98. The van der Waals surface area contributed by atoms with Crippen LogP contribution in [0.1, 0.15) is 50.8 Å². The summed E-state index contributed by atoms with van der Waals surface area (Å²) < 4.78 is 24.1. The van der Waals surface area contributed by atoms with Gasteiger partial charge in [0.2, 0.25) is 0 Å². The Morgan fingerprint density at radius 1 is 1.27 bits per heavy atom.